The summed E-state index contributed by atoms with van der Waals surface area (Å²) < 4.78 is 34.8. The molecule has 156 valence electrons. The Bertz CT molecular complexity index is 917. The maximum Gasteiger partial charge on any atom is 0.214 e. The van der Waals surface area contributed by atoms with E-state index in [2.05, 4.69) is 15.1 Å². The van der Waals surface area contributed by atoms with Crippen LogP contribution in [0.3, 0.4) is 0 Å². The molecule has 2 aromatic heterocycles. The third kappa shape index (κ3) is 4.31. The second kappa shape index (κ2) is 8.75. The van der Waals surface area contributed by atoms with E-state index in [1.807, 2.05) is 24.7 Å². The van der Waals surface area contributed by atoms with Crippen LogP contribution in [0.5, 0.6) is 0 Å². The van der Waals surface area contributed by atoms with Crippen LogP contribution < -0.4 is 10.0 Å². The highest BCUT2D eigenvalue weighted by molar-refractivity contribution is 7.90. The number of hydrogen-bond donors (Lipinski definition) is 2. The highest BCUT2D eigenvalue weighted by Gasteiger charge is 2.23. The van der Waals surface area contributed by atoms with E-state index in [0.717, 1.165) is 60.6 Å². The first-order chi connectivity index (χ1) is 13.4. The van der Waals surface area contributed by atoms with Gasteiger partial charge in [-0.3, -0.25) is 0 Å². The molecule has 9 heteroatoms. The Morgan fingerprint density at radius 1 is 1.29 bits per heavy atom. The molecule has 1 saturated heterocycles. The predicted molar refractivity (Wildman–Crippen MR) is 111 cm³/mol. The molecule has 0 bridgehead atoms. The van der Waals surface area contributed by atoms with Crippen LogP contribution in [0.2, 0.25) is 0 Å². The first-order valence-electron chi connectivity index (χ1n) is 10.1. The number of rotatable bonds is 8. The van der Waals surface area contributed by atoms with Crippen molar-refractivity contribution in [1.82, 2.24) is 19.5 Å². The summed E-state index contributed by atoms with van der Waals surface area (Å²) in [5.74, 6) is 0. The number of nitrogens with zero attached hydrogens (tertiary/aromatic N) is 3. The fourth-order valence-electron chi connectivity index (χ4n) is 3.44. The van der Waals surface area contributed by atoms with Gasteiger partial charge in [0.1, 0.15) is 0 Å². The number of anilines is 1. The minimum absolute atomic E-state index is 0.218. The number of nitrogens with one attached hydrogen (secondary N) is 2. The van der Waals surface area contributed by atoms with Gasteiger partial charge in [0, 0.05) is 43.6 Å². The Balaban J connectivity index is 2.06. The lowest BCUT2D eigenvalue weighted by atomic mass is 10.0. The van der Waals surface area contributed by atoms with Gasteiger partial charge in [-0.1, -0.05) is 6.92 Å². The first kappa shape index (κ1) is 21.0. The van der Waals surface area contributed by atoms with Crippen LogP contribution >= 0.6 is 0 Å². The molecule has 0 radical (unpaired) electrons. The molecule has 3 heterocycles. The van der Waals surface area contributed by atoms with E-state index in [0.29, 0.717) is 6.42 Å². The summed E-state index contributed by atoms with van der Waals surface area (Å²) in [5, 5.41) is 8.59. The van der Waals surface area contributed by atoms with Crippen LogP contribution in [0, 0.1) is 0 Å². The average Bonchev–Trinajstić information content (AvgIpc) is 3.10. The number of hydrogen-bond acceptors (Lipinski definition) is 6. The summed E-state index contributed by atoms with van der Waals surface area (Å²) >= 11 is 0. The zero-order valence-electron chi connectivity index (χ0n) is 17.2. The van der Waals surface area contributed by atoms with Crippen molar-refractivity contribution in [3.05, 3.63) is 17.5 Å². The van der Waals surface area contributed by atoms with E-state index < -0.39 is 15.3 Å². The Kier molecular flexibility index (Phi) is 6.57. The summed E-state index contributed by atoms with van der Waals surface area (Å²) in [6.45, 7) is 9.85. The van der Waals surface area contributed by atoms with Crippen molar-refractivity contribution in [2.75, 3.05) is 18.5 Å². The minimum Gasteiger partial charge on any atom is -0.381 e. The van der Waals surface area contributed by atoms with Crippen LogP contribution in [0.1, 0.15) is 51.8 Å². The summed E-state index contributed by atoms with van der Waals surface area (Å²) in [7, 11) is -3.37. The van der Waals surface area contributed by atoms with E-state index in [1.165, 1.54) is 0 Å². The van der Waals surface area contributed by atoms with Gasteiger partial charge in [0.05, 0.1) is 22.5 Å². The fraction of sp³-hybridized carbons (Fsp3) is 0.684. The molecule has 0 atom stereocenters. The van der Waals surface area contributed by atoms with Crippen molar-refractivity contribution in [1.29, 1.82) is 0 Å². The Morgan fingerprint density at radius 2 is 2.00 bits per heavy atom. The molecule has 0 aromatic carbocycles. The van der Waals surface area contributed by atoms with Crippen molar-refractivity contribution in [3.63, 3.8) is 0 Å². The van der Waals surface area contributed by atoms with Crippen LogP contribution in [0.25, 0.3) is 11.0 Å². The number of aryl methyl sites for hydroxylation is 2. The molecule has 1 aliphatic rings. The fourth-order valence-corrected chi connectivity index (χ4v) is 4.12. The second-order valence-corrected chi connectivity index (χ2v) is 9.73. The zero-order valence-corrected chi connectivity index (χ0v) is 18.0. The summed E-state index contributed by atoms with van der Waals surface area (Å²) in [6.07, 6.45) is 4.38. The lowest BCUT2D eigenvalue weighted by Gasteiger charge is -2.26. The van der Waals surface area contributed by atoms with Gasteiger partial charge >= 0.3 is 0 Å². The maximum absolute atomic E-state index is 12.3. The van der Waals surface area contributed by atoms with Gasteiger partial charge in [-0.2, -0.15) is 5.10 Å². The van der Waals surface area contributed by atoms with Crippen molar-refractivity contribution in [2.45, 2.75) is 71.3 Å². The van der Waals surface area contributed by atoms with Gasteiger partial charge in [-0.15, -0.1) is 0 Å². The standard InChI is InChI=1S/C19H31N5O3S/c1-5-17-15(12-21-28(25,26)13(3)4)18(22-14-7-9-27-10-8-14)16-11-20-24(6-2)19(16)23-17/h11,13-14,21H,5-10,12H2,1-4H3,(H,22,23). The Morgan fingerprint density at radius 3 is 2.61 bits per heavy atom. The summed E-state index contributed by atoms with van der Waals surface area (Å²) in [4.78, 5) is 4.82. The number of aromatic nitrogens is 3. The Labute approximate surface area is 167 Å². The van der Waals surface area contributed by atoms with Gasteiger partial charge in [-0.05, 0) is 40.0 Å². The average molecular weight is 410 g/mol. The largest absolute Gasteiger partial charge is 0.381 e. The van der Waals surface area contributed by atoms with Crippen LogP contribution in [0.15, 0.2) is 6.20 Å². The highest BCUT2D eigenvalue weighted by Crippen LogP contribution is 2.31. The van der Waals surface area contributed by atoms with Crippen molar-refractivity contribution in [3.8, 4) is 0 Å². The van der Waals surface area contributed by atoms with E-state index in [4.69, 9.17) is 9.72 Å². The second-order valence-electron chi connectivity index (χ2n) is 7.41. The predicted octanol–water partition coefficient (Wildman–Crippen LogP) is 2.43. The molecular weight excluding hydrogens is 378 g/mol. The molecule has 2 N–H and O–H groups in total. The van der Waals surface area contributed by atoms with Crippen molar-refractivity contribution < 1.29 is 13.2 Å². The number of ether oxygens (including phenoxy) is 1. The van der Waals surface area contributed by atoms with Gasteiger partial charge in [0.15, 0.2) is 5.65 Å². The van der Waals surface area contributed by atoms with E-state index in [-0.39, 0.29) is 12.6 Å². The van der Waals surface area contributed by atoms with E-state index in [1.54, 1.807) is 13.8 Å². The monoisotopic (exact) mass is 409 g/mol. The molecule has 1 fully saturated rings. The van der Waals surface area contributed by atoms with Gasteiger partial charge < -0.3 is 10.1 Å². The number of sulfonamides is 1. The number of pyridine rings is 1. The zero-order chi connectivity index (χ0) is 20.3. The molecule has 2 aromatic rings. The van der Waals surface area contributed by atoms with Crippen molar-refractivity contribution in [2.24, 2.45) is 0 Å². The summed E-state index contributed by atoms with van der Waals surface area (Å²) in [6, 6.07) is 0.287. The molecule has 8 nitrogen and oxygen atoms in total. The van der Waals surface area contributed by atoms with E-state index >= 15 is 0 Å². The SMILES string of the molecule is CCc1nc2c(cnn2CC)c(NC2CCOCC2)c1CNS(=O)(=O)C(C)C. The molecule has 0 unspecified atom stereocenters. The molecule has 3 rings (SSSR count). The topological polar surface area (TPSA) is 98.1 Å². The highest BCUT2D eigenvalue weighted by atomic mass is 32.2. The third-order valence-corrected chi connectivity index (χ3v) is 7.03. The van der Waals surface area contributed by atoms with Crippen molar-refractivity contribution >= 4 is 26.7 Å². The van der Waals surface area contributed by atoms with Crippen LogP contribution in [-0.4, -0.2) is 47.7 Å². The van der Waals surface area contributed by atoms with Crippen LogP contribution in [-0.2, 0) is 34.3 Å². The molecule has 28 heavy (non-hydrogen) atoms. The van der Waals surface area contributed by atoms with E-state index in [9.17, 15) is 8.42 Å². The van der Waals surface area contributed by atoms with Gasteiger partial charge in [-0.25, -0.2) is 22.8 Å². The molecule has 0 amide bonds. The molecule has 1 aliphatic heterocycles. The molecule has 0 saturated carbocycles. The Hall–Kier alpha value is -1.71. The molecule has 0 aliphatic carbocycles. The van der Waals surface area contributed by atoms with Crippen LogP contribution in [0.4, 0.5) is 5.69 Å². The third-order valence-electron chi connectivity index (χ3n) is 5.25. The van der Waals surface area contributed by atoms with Gasteiger partial charge in [0.2, 0.25) is 10.0 Å². The normalized spacial score (nSPS) is 16.2. The quantitative estimate of drug-likeness (QED) is 0.695. The first-order valence-corrected chi connectivity index (χ1v) is 11.6. The molecular formula is C19H31N5O3S. The summed E-state index contributed by atoms with van der Waals surface area (Å²) in [5.41, 5.74) is 3.58. The molecule has 0 spiro atoms. The lowest BCUT2D eigenvalue weighted by molar-refractivity contribution is 0.0904. The van der Waals surface area contributed by atoms with Gasteiger partial charge in [0.25, 0.3) is 0 Å². The number of fused-ring (bicyclic) bond motifs is 1. The maximum atomic E-state index is 12.3. The lowest BCUT2D eigenvalue weighted by Crippen LogP contribution is -2.32. The minimum atomic E-state index is -3.37. The smallest absolute Gasteiger partial charge is 0.214 e.